The first kappa shape index (κ1) is 17.3. The fraction of sp³-hybridized carbons (Fsp3) is 0.0909. The first-order valence-corrected chi connectivity index (χ1v) is 9.02. The van der Waals surface area contributed by atoms with Gasteiger partial charge in [0, 0.05) is 27.9 Å². The Balaban J connectivity index is 1.88. The van der Waals surface area contributed by atoms with Gasteiger partial charge in [-0.25, -0.2) is 4.98 Å². The van der Waals surface area contributed by atoms with E-state index in [0.29, 0.717) is 21.9 Å². The Kier molecular flexibility index (Phi) is 4.65. The third-order valence-corrected chi connectivity index (χ3v) is 4.83. The van der Waals surface area contributed by atoms with Crippen LogP contribution in [0.5, 0.6) is 5.75 Å². The van der Waals surface area contributed by atoms with Gasteiger partial charge in [-0.1, -0.05) is 54.1 Å². The Labute approximate surface area is 162 Å². The monoisotopic (exact) mass is 375 g/mol. The summed E-state index contributed by atoms with van der Waals surface area (Å²) < 4.78 is 0. The van der Waals surface area contributed by atoms with Gasteiger partial charge in [-0.15, -0.1) is 0 Å². The van der Waals surface area contributed by atoms with Crippen molar-refractivity contribution in [1.29, 1.82) is 0 Å². The molecular formula is C22H18ClN3O. The summed E-state index contributed by atoms with van der Waals surface area (Å²) >= 11 is 6.48. The molecule has 2 heterocycles. The van der Waals surface area contributed by atoms with Gasteiger partial charge in [0.05, 0.1) is 6.04 Å². The molecule has 0 aliphatic heterocycles. The lowest BCUT2D eigenvalue weighted by molar-refractivity contribution is 0.471. The molecule has 1 atom stereocenters. The molecule has 2 aromatic carbocycles. The summed E-state index contributed by atoms with van der Waals surface area (Å²) in [5.74, 6) is 0.846. The number of aromatic nitrogens is 2. The zero-order chi connectivity index (χ0) is 18.8. The van der Waals surface area contributed by atoms with Crippen LogP contribution in [0.4, 0.5) is 5.82 Å². The van der Waals surface area contributed by atoms with Gasteiger partial charge < -0.3 is 10.4 Å². The van der Waals surface area contributed by atoms with Gasteiger partial charge in [-0.3, -0.25) is 4.98 Å². The molecule has 27 heavy (non-hydrogen) atoms. The fourth-order valence-electron chi connectivity index (χ4n) is 3.18. The molecule has 0 spiro atoms. The molecule has 0 saturated heterocycles. The van der Waals surface area contributed by atoms with E-state index in [1.54, 1.807) is 6.20 Å². The molecule has 0 saturated carbocycles. The molecule has 134 valence electrons. The van der Waals surface area contributed by atoms with Gasteiger partial charge in [0.2, 0.25) is 0 Å². The molecule has 5 heteroatoms. The maximum Gasteiger partial charge on any atom is 0.147 e. The zero-order valence-electron chi connectivity index (χ0n) is 14.7. The van der Waals surface area contributed by atoms with E-state index in [2.05, 4.69) is 15.3 Å². The van der Waals surface area contributed by atoms with Crippen LogP contribution in [0.3, 0.4) is 0 Å². The van der Waals surface area contributed by atoms with E-state index in [0.717, 1.165) is 16.6 Å². The van der Waals surface area contributed by atoms with E-state index in [-0.39, 0.29) is 11.8 Å². The predicted molar refractivity (Wildman–Crippen MR) is 109 cm³/mol. The first-order chi connectivity index (χ1) is 13.1. The summed E-state index contributed by atoms with van der Waals surface area (Å²) in [6, 6.07) is 20.6. The van der Waals surface area contributed by atoms with Gasteiger partial charge in [0.15, 0.2) is 0 Å². The number of phenols is 1. The molecule has 1 unspecified atom stereocenters. The molecule has 2 aromatic heterocycles. The second-order valence-corrected chi connectivity index (χ2v) is 6.75. The van der Waals surface area contributed by atoms with Crippen molar-refractivity contribution in [3.05, 3.63) is 94.8 Å². The van der Waals surface area contributed by atoms with Crippen LogP contribution in [-0.4, -0.2) is 15.1 Å². The first-order valence-electron chi connectivity index (χ1n) is 8.65. The van der Waals surface area contributed by atoms with Crippen molar-refractivity contribution in [1.82, 2.24) is 9.97 Å². The van der Waals surface area contributed by atoms with Gasteiger partial charge in [-0.05, 0) is 36.8 Å². The third-order valence-electron chi connectivity index (χ3n) is 4.49. The van der Waals surface area contributed by atoms with Crippen molar-refractivity contribution < 1.29 is 5.11 Å². The standard InChI is InChI=1S/C22H18ClN3O/c1-14-6-4-10-19(25-14)26-21(16-8-2-3-9-18(16)23)17-12-11-15-7-5-13-24-20(15)22(17)27/h2-13,21,27H,1H3,(H,25,26). The number of aromatic hydroxyl groups is 1. The van der Waals surface area contributed by atoms with Gasteiger partial charge in [0.1, 0.15) is 17.1 Å². The van der Waals surface area contributed by atoms with E-state index < -0.39 is 0 Å². The average Bonchev–Trinajstić information content (AvgIpc) is 2.68. The molecule has 0 amide bonds. The van der Waals surface area contributed by atoms with Gasteiger partial charge in [0.25, 0.3) is 0 Å². The second kappa shape index (κ2) is 7.25. The Morgan fingerprint density at radius 3 is 2.59 bits per heavy atom. The Morgan fingerprint density at radius 1 is 0.926 bits per heavy atom. The Bertz CT molecular complexity index is 1110. The van der Waals surface area contributed by atoms with Crippen molar-refractivity contribution in [2.45, 2.75) is 13.0 Å². The molecule has 2 N–H and O–H groups in total. The van der Waals surface area contributed by atoms with Crippen LogP contribution in [0.25, 0.3) is 10.9 Å². The lowest BCUT2D eigenvalue weighted by Gasteiger charge is -2.23. The average molecular weight is 376 g/mol. The number of nitrogens with zero attached hydrogens (tertiary/aromatic N) is 2. The van der Waals surface area contributed by atoms with E-state index in [4.69, 9.17) is 11.6 Å². The van der Waals surface area contributed by atoms with Crippen LogP contribution >= 0.6 is 11.6 Å². The highest BCUT2D eigenvalue weighted by Gasteiger charge is 2.22. The van der Waals surface area contributed by atoms with Crippen LogP contribution in [0, 0.1) is 6.92 Å². The number of halogens is 1. The van der Waals surface area contributed by atoms with Crippen molar-refractivity contribution in [3.8, 4) is 5.75 Å². The van der Waals surface area contributed by atoms with E-state index in [1.807, 2.05) is 73.7 Å². The summed E-state index contributed by atoms with van der Waals surface area (Å²) in [5.41, 5.74) is 3.01. The Morgan fingerprint density at radius 2 is 1.78 bits per heavy atom. The summed E-state index contributed by atoms with van der Waals surface area (Å²) in [4.78, 5) is 8.87. The molecule has 4 rings (SSSR count). The van der Waals surface area contributed by atoms with Crippen molar-refractivity contribution in [2.24, 2.45) is 0 Å². The van der Waals surface area contributed by atoms with Crippen LogP contribution in [-0.2, 0) is 0 Å². The molecule has 4 nitrogen and oxygen atoms in total. The smallest absolute Gasteiger partial charge is 0.147 e. The number of phenolic OH excluding ortho intramolecular Hbond substituents is 1. The van der Waals surface area contributed by atoms with Crippen LogP contribution < -0.4 is 5.32 Å². The Hall–Kier alpha value is -3.11. The largest absolute Gasteiger partial charge is 0.505 e. The highest BCUT2D eigenvalue weighted by atomic mass is 35.5. The normalized spacial score (nSPS) is 12.1. The highest BCUT2D eigenvalue weighted by molar-refractivity contribution is 6.31. The number of hydrogen-bond acceptors (Lipinski definition) is 4. The molecule has 0 radical (unpaired) electrons. The highest BCUT2D eigenvalue weighted by Crippen LogP contribution is 2.38. The minimum Gasteiger partial charge on any atom is -0.505 e. The lowest BCUT2D eigenvalue weighted by Crippen LogP contribution is -2.14. The minimum absolute atomic E-state index is 0.137. The number of fused-ring (bicyclic) bond motifs is 1. The third kappa shape index (κ3) is 3.44. The number of anilines is 1. The van der Waals surface area contributed by atoms with E-state index in [9.17, 15) is 5.11 Å². The number of benzene rings is 2. The number of rotatable bonds is 4. The fourth-order valence-corrected chi connectivity index (χ4v) is 3.43. The molecule has 0 aliphatic carbocycles. The SMILES string of the molecule is Cc1cccc(NC(c2ccccc2Cl)c2ccc3cccnc3c2O)n1. The van der Waals surface area contributed by atoms with Gasteiger partial charge >= 0.3 is 0 Å². The molecule has 4 aromatic rings. The predicted octanol–water partition coefficient (Wildman–Crippen LogP) is 5.50. The van der Waals surface area contributed by atoms with E-state index >= 15 is 0 Å². The van der Waals surface area contributed by atoms with Crippen LogP contribution in [0.1, 0.15) is 22.9 Å². The van der Waals surface area contributed by atoms with Gasteiger partial charge in [-0.2, -0.15) is 0 Å². The number of pyridine rings is 2. The summed E-state index contributed by atoms with van der Waals surface area (Å²) in [6.07, 6.45) is 1.67. The molecule has 0 fully saturated rings. The van der Waals surface area contributed by atoms with E-state index in [1.165, 1.54) is 0 Å². The summed E-state index contributed by atoms with van der Waals surface area (Å²) in [7, 11) is 0. The maximum absolute atomic E-state index is 10.9. The van der Waals surface area contributed by atoms with Crippen molar-refractivity contribution in [2.75, 3.05) is 5.32 Å². The van der Waals surface area contributed by atoms with Crippen molar-refractivity contribution >= 4 is 28.3 Å². The lowest BCUT2D eigenvalue weighted by atomic mass is 9.96. The molecule has 0 bridgehead atoms. The van der Waals surface area contributed by atoms with Crippen molar-refractivity contribution in [3.63, 3.8) is 0 Å². The maximum atomic E-state index is 10.9. The number of hydrogen-bond donors (Lipinski definition) is 2. The summed E-state index contributed by atoms with van der Waals surface area (Å²) in [6.45, 7) is 1.94. The molecular weight excluding hydrogens is 358 g/mol. The second-order valence-electron chi connectivity index (χ2n) is 6.34. The number of nitrogens with one attached hydrogen (secondary N) is 1. The minimum atomic E-state index is -0.376. The zero-order valence-corrected chi connectivity index (χ0v) is 15.5. The summed E-state index contributed by atoms with van der Waals surface area (Å²) in [5, 5.41) is 15.8. The number of aryl methyl sites for hydroxylation is 1. The quantitative estimate of drug-likeness (QED) is 0.494. The van der Waals surface area contributed by atoms with Crippen LogP contribution in [0.15, 0.2) is 72.9 Å². The van der Waals surface area contributed by atoms with Crippen LogP contribution in [0.2, 0.25) is 5.02 Å². The molecule has 0 aliphatic rings. The topological polar surface area (TPSA) is 58.0 Å².